The summed E-state index contributed by atoms with van der Waals surface area (Å²) in [4.78, 5) is 123. The third-order valence-corrected chi connectivity index (χ3v) is 18.6. The van der Waals surface area contributed by atoms with Gasteiger partial charge in [-0.25, -0.2) is 66.9 Å². The van der Waals surface area contributed by atoms with Crippen LogP contribution in [0.5, 0.6) is 0 Å². The Morgan fingerprint density at radius 2 is 0.939 bits per heavy atom. The normalized spacial score (nSPS) is 24.1. The molecule has 40 nitrogen and oxygen atoms in total. The second-order valence-electron chi connectivity index (χ2n) is 16.3. The molecule has 2 fully saturated rings. The highest BCUT2D eigenvalue weighted by atomic mass is 35.5. The van der Waals surface area contributed by atoms with Gasteiger partial charge in [-0.3, -0.25) is 18.2 Å². The maximum absolute atomic E-state index is 13.0. The number of aliphatic hydroxyl groups excluding tert-OH is 2. The van der Waals surface area contributed by atoms with Crippen molar-refractivity contribution in [1.82, 2.24) is 39.0 Å². The summed E-state index contributed by atoms with van der Waals surface area (Å²) in [6.45, 7) is -2.12. The number of fused-ring (bicyclic) bond motifs is 2. The van der Waals surface area contributed by atoms with Crippen molar-refractivity contribution in [2.45, 2.75) is 49.1 Å². The largest absolute Gasteiger partial charge is 0.490 e. The molecule has 6 heterocycles. The number of imidazole rings is 2. The summed E-state index contributed by atoms with van der Waals surface area (Å²) >= 11 is 11.9. The highest BCUT2D eigenvalue weighted by Gasteiger charge is 2.52. The minimum atomic E-state index is -5.82. The lowest BCUT2D eigenvalue weighted by molar-refractivity contribution is -0.0558. The maximum atomic E-state index is 13.0. The molecule has 2 aliphatic rings. The Bertz CT molecular complexity index is 3710. The van der Waals surface area contributed by atoms with Gasteiger partial charge in [-0.15, -0.1) is 0 Å². The minimum absolute atomic E-state index is 0.00939. The van der Waals surface area contributed by atoms with Gasteiger partial charge >= 0.3 is 58.9 Å². The highest BCUT2D eigenvalue weighted by Crippen LogP contribution is 2.67. The predicted molar refractivity (Wildman–Crippen MR) is 269 cm³/mol. The molecule has 4 aromatic heterocycles. The highest BCUT2D eigenvalue weighted by molar-refractivity contribution is 7.67. The van der Waals surface area contributed by atoms with Crippen LogP contribution < -0.4 is 22.9 Å². The van der Waals surface area contributed by atoms with E-state index < -0.39 is 121 Å². The van der Waals surface area contributed by atoms with Crippen LogP contribution in [-0.2, 0) is 72.6 Å². The van der Waals surface area contributed by atoms with Crippen LogP contribution in [0.3, 0.4) is 0 Å². The standard InChI is InChI=1S/2C17H20ClN6O14P3/c18-7-1-2-9(19)8(3-7)17(26)36-13-10(4-34-40(30,31)38-41(32,33)37-39(27,28)29)35-16(12(13)25)24-6-23-11-14(20)21-5-22-15(11)24;18-7-1-2-9(19)8(3-7)17(26)36-13-12(25)10(4-34-40(30,31)38-41(32,33)37-39(27,28)29)35-16(13)24-6-23-11-14(20)21-5-22-15(11)24/h2*1-3,5-6,10,12-13,16,25H,4,19H2,(H,30,31)(H,32,33)(H2,20,21,22)(H2,27,28,29)/t2*10-,12-,13-,16-/m11/s1. The number of carbonyl (C=O) groups is 2. The van der Waals surface area contributed by atoms with Gasteiger partial charge < -0.3 is 91.2 Å². The smallest absolute Gasteiger partial charge is 0.453 e. The zero-order valence-electron chi connectivity index (χ0n) is 40.0. The van der Waals surface area contributed by atoms with Crippen LogP contribution in [0.1, 0.15) is 33.2 Å². The molecule has 2 aromatic carbocycles. The van der Waals surface area contributed by atoms with Crippen LogP contribution >= 0.6 is 70.1 Å². The van der Waals surface area contributed by atoms with E-state index in [4.69, 9.17) is 84.7 Å². The number of aliphatic hydroxyl groups is 2. The SMILES string of the molecule is Nc1ccc(Cl)cc1C(=O)O[C@@H]1[C@H](O)[C@@H](COP(=O)(O)OP(=O)(O)OP(=O)(O)O)O[C@H]1n1cnc2c(N)ncnc21.Nc1ccc(Cl)cc1C(=O)O[C@H]1[C@@H](O)[C@H](n2cnc3c(N)ncnc32)O[C@@H]1COP(=O)(O)OP(=O)(O)OP(=O)(O)O. The molecule has 6 aromatic rings. The van der Waals surface area contributed by atoms with Crippen LogP contribution in [0, 0.1) is 0 Å². The lowest BCUT2D eigenvalue weighted by Crippen LogP contribution is -2.38. The van der Waals surface area contributed by atoms with Gasteiger partial charge in [0.1, 0.15) is 48.1 Å². The molecule has 2 saturated heterocycles. The number of anilines is 4. The average molecular weight is 1320 g/mol. The number of nitrogen functional groups attached to an aromatic ring is 4. The molecule has 0 spiro atoms. The van der Waals surface area contributed by atoms with Gasteiger partial charge in [-0.05, 0) is 36.4 Å². The van der Waals surface area contributed by atoms with Gasteiger partial charge in [0.25, 0.3) is 0 Å². The molecular formula is C34H40Cl2N12O28P6. The Morgan fingerprint density at radius 1 is 0.537 bits per heavy atom. The van der Waals surface area contributed by atoms with Crippen molar-refractivity contribution >= 4 is 127 Å². The number of hydrogen-bond acceptors (Lipinski definition) is 30. The van der Waals surface area contributed by atoms with Gasteiger partial charge in [-0.1, -0.05) is 23.2 Å². The van der Waals surface area contributed by atoms with E-state index in [1.165, 1.54) is 58.2 Å². The number of nitrogens with two attached hydrogens (primary N) is 4. The van der Waals surface area contributed by atoms with Crippen LogP contribution in [0.15, 0.2) is 61.7 Å². The summed E-state index contributed by atoms with van der Waals surface area (Å²) in [5.41, 5.74) is 23.2. The van der Waals surface area contributed by atoms with E-state index in [1.807, 2.05) is 0 Å². The fourth-order valence-electron chi connectivity index (χ4n) is 7.28. The Hall–Kier alpha value is -5.08. The number of phosphoric ester groups is 2. The number of carbonyl (C=O) groups excluding carboxylic acids is 2. The molecule has 12 atom stereocenters. The number of ether oxygens (including phenoxy) is 4. The maximum Gasteiger partial charge on any atom is 0.490 e. The third-order valence-electron chi connectivity index (χ3n) is 10.5. The lowest BCUT2D eigenvalue weighted by atomic mass is 10.1. The van der Waals surface area contributed by atoms with Crippen LogP contribution in [0.4, 0.5) is 23.0 Å². The second-order valence-corrected chi connectivity index (χ2v) is 26.0. The van der Waals surface area contributed by atoms with Crippen molar-refractivity contribution in [2.75, 3.05) is 36.1 Å². The summed E-state index contributed by atoms with van der Waals surface area (Å²) in [7, 11) is -34.1. The average Bonchev–Trinajstić information content (AvgIpc) is 3.16. The topological polar surface area (TPSA) is 622 Å². The Labute approximate surface area is 464 Å². The Balaban J connectivity index is 0.000000236. The Kier molecular flexibility index (Phi) is 19.6. The first kappa shape index (κ1) is 64.5. The van der Waals surface area contributed by atoms with E-state index in [1.54, 1.807) is 0 Å². The van der Waals surface area contributed by atoms with E-state index in [0.717, 1.165) is 12.7 Å². The predicted octanol–water partition coefficient (Wildman–Crippen LogP) is 0.943. The summed E-state index contributed by atoms with van der Waals surface area (Å²) in [5.74, 6) is -2.17. The molecule has 0 radical (unpaired) electrons. The van der Waals surface area contributed by atoms with E-state index in [9.17, 15) is 66.8 Å². The summed E-state index contributed by atoms with van der Waals surface area (Å²) in [5, 5.41) is 22.3. The number of rotatable bonds is 20. The molecule has 0 aliphatic carbocycles. The number of hydrogen-bond donors (Lipinski definition) is 14. The minimum Gasteiger partial charge on any atom is -0.453 e. The van der Waals surface area contributed by atoms with E-state index in [-0.39, 0.29) is 66.5 Å². The van der Waals surface area contributed by atoms with Gasteiger partial charge in [0.2, 0.25) is 0 Å². The van der Waals surface area contributed by atoms with Crippen molar-refractivity contribution in [3.05, 3.63) is 82.9 Å². The molecule has 2 aliphatic heterocycles. The zero-order chi connectivity index (χ0) is 60.7. The number of aromatic nitrogens is 8. The first-order chi connectivity index (χ1) is 37.9. The molecule has 0 saturated carbocycles. The van der Waals surface area contributed by atoms with Crippen molar-refractivity contribution < 1.29 is 132 Å². The zero-order valence-corrected chi connectivity index (χ0v) is 46.8. The van der Waals surface area contributed by atoms with Crippen LogP contribution in [0.2, 0.25) is 10.0 Å². The van der Waals surface area contributed by atoms with E-state index >= 15 is 0 Å². The number of phosphoric acid groups is 6. The molecule has 448 valence electrons. The molecule has 0 amide bonds. The first-order valence-electron chi connectivity index (χ1n) is 21.5. The van der Waals surface area contributed by atoms with E-state index in [0.29, 0.717) is 0 Å². The summed E-state index contributed by atoms with van der Waals surface area (Å²) < 4.78 is 118. The van der Waals surface area contributed by atoms with Crippen molar-refractivity contribution in [2.24, 2.45) is 0 Å². The number of esters is 2. The monoisotopic (exact) mass is 1320 g/mol. The fraction of sp³-hybridized carbons (Fsp3) is 0.294. The third kappa shape index (κ3) is 16.2. The fourth-order valence-corrected chi connectivity index (χ4v) is 13.7. The van der Waals surface area contributed by atoms with Gasteiger partial charge in [0.05, 0.1) is 37.0 Å². The van der Waals surface area contributed by atoms with Crippen LogP contribution in [0.25, 0.3) is 22.3 Å². The summed E-state index contributed by atoms with van der Waals surface area (Å²) in [6, 6.07) is 7.88. The van der Waals surface area contributed by atoms with Crippen LogP contribution in [-0.4, -0.2) is 150 Å². The lowest BCUT2D eigenvalue weighted by Gasteiger charge is -2.22. The molecule has 8 rings (SSSR count). The quantitative estimate of drug-likeness (QED) is 0.0287. The molecule has 82 heavy (non-hydrogen) atoms. The molecule has 18 N–H and O–H groups in total. The Morgan fingerprint density at radius 3 is 1.38 bits per heavy atom. The molecule has 4 unspecified atom stereocenters. The van der Waals surface area contributed by atoms with Crippen molar-refractivity contribution in [3.63, 3.8) is 0 Å². The molecular weight excluding hydrogens is 1280 g/mol. The van der Waals surface area contributed by atoms with Crippen molar-refractivity contribution in [1.29, 1.82) is 0 Å². The first-order valence-corrected chi connectivity index (χ1v) is 31.3. The molecule has 0 bridgehead atoms. The van der Waals surface area contributed by atoms with Crippen molar-refractivity contribution in [3.8, 4) is 0 Å². The number of benzene rings is 2. The molecule has 48 heteroatoms. The van der Waals surface area contributed by atoms with Gasteiger partial charge in [0, 0.05) is 21.4 Å². The number of nitrogens with zero attached hydrogens (tertiary/aromatic N) is 8. The van der Waals surface area contributed by atoms with E-state index in [2.05, 4.69) is 56.2 Å². The van der Waals surface area contributed by atoms with Gasteiger partial charge in [-0.2, -0.15) is 17.2 Å². The summed E-state index contributed by atoms with van der Waals surface area (Å²) in [6.07, 6.45) is -8.33. The number of halogens is 2. The second kappa shape index (κ2) is 24.9. The van der Waals surface area contributed by atoms with Gasteiger partial charge in [0.15, 0.2) is 47.6 Å².